The minimum absolute atomic E-state index is 0.395. The molecule has 1 aliphatic carbocycles. The van der Waals surface area contributed by atoms with Gasteiger partial charge in [0.2, 0.25) is 6.54 Å². The molecule has 0 aliphatic heterocycles. The van der Waals surface area contributed by atoms with Gasteiger partial charge in [0, 0.05) is 4.92 Å². The van der Waals surface area contributed by atoms with Gasteiger partial charge in [-0.3, -0.25) is 10.1 Å². The van der Waals surface area contributed by atoms with Crippen molar-refractivity contribution in [1.29, 1.82) is 0 Å². The van der Waals surface area contributed by atoms with Crippen LogP contribution in [0.2, 0.25) is 0 Å². The highest BCUT2D eigenvalue weighted by atomic mass is 16.6. The van der Waals surface area contributed by atoms with Crippen LogP contribution in [-0.4, -0.2) is 22.7 Å². The normalized spacial score (nSPS) is 18.1. The molecule has 1 unspecified atom stereocenters. The number of nitrogens with zero attached hydrogens (tertiary/aromatic N) is 1. The molecule has 0 saturated carbocycles. The second-order valence-electron chi connectivity index (χ2n) is 2.40. The van der Waals surface area contributed by atoms with E-state index in [4.69, 9.17) is 5.11 Å². The molecule has 60 valence electrons. The topological polar surface area (TPSA) is 63.4 Å². The molecule has 0 aromatic carbocycles. The number of hydrogen-bond donors (Lipinski definition) is 1. The Morgan fingerprint density at radius 2 is 2.55 bits per heavy atom. The molecule has 0 aromatic rings. The van der Waals surface area contributed by atoms with Crippen LogP contribution in [0.15, 0.2) is 23.8 Å². The predicted molar refractivity (Wildman–Crippen MR) is 39.7 cm³/mol. The first kappa shape index (κ1) is 7.94. The third-order valence-electron chi connectivity index (χ3n) is 1.55. The fourth-order valence-corrected chi connectivity index (χ4v) is 0.969. The van der Waals surface area contributed by atoms with Crippen molar-refractivity contribution in [2.45, 2.75) is 12.5 Å². The number of aliphatic hydroxyl groups excluding tert-OH is 1. The molecule has 0 amide bonds. The summed E-state index contributed by atoms with van der Waals surface area (Å²) in [7, 11) is 0. The Kier molecular flexibility index (Phi) is 2.38. The lowest BCUT2D eigenvalue weighted by Gasteiger charge is -2.05. The summed E-state index contributed by atoms with van der Waals surface area (Å²) >= 11 is 0. The molecule has 0 spiro atoms. The molecular formula is C7H9NO3. The van der Waals surface area contributed by atoms with Crippen LogP contribution in [-0.2, 0) is 0 Å². The number of nitro groups is 1. The van der Waals surface area contributed by atoms with Crippen LogP contribution >= 0.6 is 0 Å². The average Bonchev–Trinajstić information content (AvgIpc) is 2.35. The Labute approximate surface area is 64.0 Å². The zero-order valence-electron chi connectivity index (χ0n) is 5.93. The van der Waals surface area contributed by atoms with Crippen LogP contribution in [0.4, 0.5) is 0 Å². The third kappa shape index (κ3) is 2.16. The first-order chi connectivity index (χ1) is 5.20. The van der Waals surface area contributed by atoms with Gasteiger partial charge in [0.15, 0.2) is 0 Å². The van der Waals surface area contributed by atoms with Crippen molar-refractivity contribution in [3.05, 3.63) is 33.9 Å². The Bertz CT molecular complexity index is 220. The second-order valence-corrected chi connectivity index (χ2v) is 2.40. The molecule has 0 bridgehead atoms. The van der Waals surface area contributed by atoms with Crippen molar-refractivity contribution in [3.63, 3.8) is 0 Å². The van der Waals surface area contributed by atoms with E-state index in [1.165, 1.54) is 0 Å². The van der Waals surface area contributed by atoms with E-state index in [9.17, 15) is 10.1 Å². The highest BCUT2D eigenvalue weighted by molar-refractivity contribution is 5.25. The van der Waals surface area contributed by atoms with Crippen LogP contribution in [0.1, 0.15) is 6.42 Å². The van der Waals surface area contributed by atoms with Crippen molar-refractivity contribution in [3.8, 4) is 0 Å². The van der Waals surface area contributed by atoms with Gasteiger partial charge in [-0.25, -0.2) is 0 Å². The van der Waals surface area contributed by atoms with Crippen LogP contribution < -0.4 is 0 Å². The number of aliphatic hydroxyl groups is 1. The lowest BCUT2D eigenvalue weighted by atomic mass is 10.1. The van der Waals surface area contributed by atoms with E-state index in [2.05, 4.69) is 0 Å². The van der Waals surface area contributed by atoms with Crippen molar-refractivity contribution >= 4 is 0 Å². The molecule has 4 heteroatoms. The summed E-state index contributed by atoms with van der Waals surface area (Å²) in [4.78, 5) is 9.45. The summed E-state index contributed by atoms with van der Waals surface area (Å²) < 4.78 is 0. The van der Waals surface area contributed by atoms with Crippen LogP contribution in [0.25, 0.3) is 0 Å². The van der Waals surface area contributed by atoms with Crippen molar-refractivity contribution in [2.24, 2.45) is 0 Å². The average molecular weight is 155 g/mol. The van der Waals surface area contributed by atoms with E-state index < -0.39 is 17.6 Å². The molecule has 0 saturated heterocycles. The zero-order valence-corrected chi connectivity index (χ0v) is 5.93. The summed E-state index contributed by atoms with van der Waals surface area (Å²) in [5, 5.41) is 19.1. The van der Waals surface area contributed by atoms with E-state index in [1.54, 1.807) is 12.2 Å². The first-order valence-electron chi connectivity index (χ1n) is 3.35. The van der Waals surface area contributed by atoms with Crippen molar-refractivity contribution in [2.75, 3.05) is 6.54 Å². The minimum atomic E-state index is -0.917. The standard InChI is InChI=1S/C7H9NO3/c9-7(5-8(10)11)6-3-1-2-4-6/h1-3,7,9H,4-5H2. The van der Waals surface area contributed by atoms with Gasteiger partial charge in [-0.15, -0.1) is 0 Å². The smallest absolute Gasteiger partial charge is 0.233 e. The molecule has 0 radical (unpaired) electrons. The third-order valence-corrected chi connectivity index (χ3v) is 1.55. The van der Waals surface area contributed by atoms with Crippen molar-refractivity contribution < 1.29 is 10.0 Å². The molecule has 11 heavy (non-hydrogen) atoms. The SMILES string of the molecule is O=[N+]([O-])CC(O)C1=CC=CC1. The Balaban J connectivity index is 2.42. The number of allylic oxidation sites excluding steroid dienone is 3. The quantitative estimate of drug-likeness (QED) is 0.477. The van der Waals surface area contributed by atoms with E-state index in [-0.39, 0.29) is 0 Å². The van der Waals surface area contributed by atoms with Crippen LogP contribution in [0.3, 0.4) is 0 Å². The van der Waals surface area contributed by atoms with E-state index in [0.717, 1.165) is 5.57 Å². The molecule has 1 rings (SSSR count). The molecule has 1 atom stereocenters. The molecule has 0 heterocycles. The lowest BCUT2D eigenvalue weighted by Crippen LogP contribution is -2.20. The molecule has 4 nitrogen and oxygen atoms in total. The van der Waals surface area contributed by atoms with Gasteiger partial charge >= 0.3 is 0 Å². The van der Waals surface area contributed by atoms with E-state index in [0.29, 0.717) is 6.42 Å². The monoisotopic (exact) mass is 155 g/mol. The maximum atomic E-state index is 9.96. The van der Waals surface area contributed by atoms with E-state index >= 15 is 0 Å². The Morgan fingerprint density at radius 1 is 1.82 bits per heavy atom. The van der Waals surface area contributed by atoms with E-state index in [1.807, 2.05) is 6.08 Å². The van der Waals surface area contributed by atoms with Gasteiger partial charge in [-0.2, -0.15) is 0 Å². The fraction of sp³-hybridized carbons (Fsp3) is 0.429. The second kappa shape index (κ2) is 3.30. The summed E-state index contributed by atoms with van der Waals surface area (Å²) in [6.45, 7) is -0.395. The Morgan fingerprint density at radius 3 is 3.00 bits per heavy atom. The van der Waals surface area contributed by atoms with Gasteiger partial charge in [0.25, 0.3) is 0 Å². The van der Waals surface area contributed by atoms with Gasteiger partial charge in [0.1, 0.15) is 6.10 Å². The molecule has 0 fully saturated rings. The van der Waals surface area contributed by atoms with Gasteiger partial charge in [-0.1, -0.05) is 18.2 Å². The highest BCUT2D eigenvalue weighted by Gasteiger charge is 2.16. The van der Waals surface area contributed by atoms with Crippen LogP contribution in [0, 0.1) is 10.1 Å². The lowest BCUT2D eigenvalue weighted by molar-refractivity contribution is -0.488. The number of hydrogen-bond acceptors (Lipinski definition) is 3. The summed E-state index contributed by atoms with van der Waals surface area (Å²) in [5.74, 6) is 0. The minimum Gasteiger partial charge on any atom is -0.382 e. The predicted octanol–water partition coefficient (Wildman–Crippen LogP) is 0.510. The number of rotatable bonds is 3. The van der Waals surface area contributed by atoms with Crippen LogP contribution in [0.5, 0.6) is 0 Å². The molecular weight excluding hydrogens is 146 g/mol. The highest BCUT2D eigenvalue weighted by Crippen LogP contribution is 2.14. The van der Waals surface area contributed by atoms with Gasteiger partial charge < -0.3 is 5.11 Å². The molecule has 1 N–H and O–H groups in total. The maximum Gasteiger partial charge on any atom is 0.233 e. The largest absolute Gasteiger partial charge is 0.382 e. The van der Waals surface area contributed by atoms with Crippen molar-refractivity contribution in [1.82, 2.24) is 0 Å². The molecule has 0 aromatic heterocycles. The van der Waals surface area contributed by atoms with Gasteiger partial charge in [-0.05, 0) is 12.0 Å². The summed E-state index contributed by atoms with van der Waals surface area (Å²) in [5.41, 5.74) is 0.724. The van der Waals surface area contributed by atoms with Gasteiger partial charge in [0.05, 0.1) is 0 Å². The maximum absolute atomic E-state index is 9.96. The first-order valence-corrected chi connectivity index (χ1v) is 3.35. The Hall–Kier alpha value is -1.16. The fourth-order valence-electron chi connectivity index (χ4n) is 0.969. The summed E-state index contributed by atoms with van der Waals surface area (Å²) in [6, 6.07) is 0. The summed E-state index contributed by atoms with van der Waals surface area (Å²) in [6.07, 6.45) is 5.08. The molecule has 1 aliphatic rings. The zero-order chi connectivity index (χ0) is 8.27.